The molecular formula is C44H39F2N5O2. The molecule has 4 heterocycles. The Morgan fingerprint density at radius 3 is 2.36 bits per heavy atom. The summed E-state index contributed by atoms with van der Waals surface area (Å²) in [5.74, 6) is -1.57. The number of benzene rings is 4. The molecule has 2 aliphatic heterocycles. The zero-order valence-corrected chi connectivity index (χ0v) is 29.2. The van der Waals surface area contributed by atoms with Gasteiger partial charge in [0.25, 0.3) is 5.92 Å². The van der Waals surface area contributed by atoms with E-state index in [4.69, 9.17) is 9.72 Å². The predicted molar refractivity (Wildman–Crippen MR) is 199 cm³/mol. The van der Waals surface area contributed by atoms with E-state index >= 15 is 8.78 Å². The molecule has 0 radical (unpaired) electrons. The number of alkyl halides is 2. The van der Waals surface area contributed by atoms with E-state index in [1.54, 1.807) is 12.1 Å². The summed E-state index contributed by atoms with van der Waals surface area (Å²) >= 11 is 0. The van der Waals surface area contributed by atoms with Crippen LogP contribution in [-0.2, 0) is 17.3 Å². The van der Waals surface area contributed by atoms with Gasteiger partial charge < -0.3 is 20.0 Å². The predicted octanol–water partition coefficient (Wildman–Crippen LogP) is 10.0. The Kier molecular flexibility index (Phi) is 6.70. The van der Waals surface area contributed by atoms with Crippen LogP contribution in [0.3, 0.4) is 0 Å². The highest BCUT2D eigenvalue weighted by Crippen LogP contribution is 2.59. The molecule has 266 valence electrons. The van der Waals surface area contributed by atoms with Crippen molar-refractivity contribution >= 4 is 17.1 Å². The van der Waals surface area contributed by atoms with Gasteiger partial charge in [-0.3, -0.25) is 4.90 Å². The Bertz CT molecular complexity index is 2430. The molecule has 2 aromatic heterocycles. The fraction of sp³-hybridized carbons (Fsp3) is 0.318. The first-order chi connectivity index (χ1) is 25.8. The van der Waals surface area contributed by atoms with Gasteiger partial charge >= 0.3 is 6.09 Å². The number of H-pyrrole nitrogens is 2. The largest absolute Gasteiger partial charge is 0.445 e. The second-order valence-electron chi connectivity index (χ2n) is 16.1. The van der Waals surface area contributed by atoms with Gasteiger partial charge in [-0.15, -0.1) is 0 Å². The first-order valence-corrected chi connectivity index (χ1v) is 18.9. The van der Waals surface area contributed by atoms with Gasteiger partial charge in [0.1, 0.15) is 12.4 Å². The lowest BCUT2D eigenvalue weighted by Crippen LogP contribution is -2.32. The van der Waals surface area contributed by atoms with Crippen molar-refractivity contribution < 1.29 is 18.3 Å². The number of likely N-dealkylation sites (tertiary alicyclic amines) is 1. The first kappa shape index (κ1) is 31.3. The maximum atomic E-state index is 16.4. The fourth-order valence-electron chi connectivity index (χ4n) is 9.73. The molecule has 3 N–H and O–H groups in total. The van der Waals surface area contributed by atoms with Crippen molar-refractivity contribution in [1.29, 1.82) is 0 Å². The molecule has 4 unspecified atom stereocenters. The number of aromatic amines is 2. The van der Waals surface area contributed by atoms with Gasteiger partial charge in [0.2, 0.25) is 0 Å². The van der Waals surface area contributed by atoms with Crippen LogP contribution < -0.4 is 5.32 Å². The van der Waals surface area contributed by atoms with Crippen LogP contribution in [0.15, 0.2) is 97.1 Å². The van der Waals surface area contributed by atoms with Crippen LogP contribution in [0.1, 0.15) is 78.8 Å². The quantitative estimate of drug-likeness (QED) is 0.161. The molecule has 11 rings (SSSR count). The summed E-state index contributed by atoms with van der Waals surface area (Å²) < 4.78 is 38.6. The normalized spacial score (nSPS) is 24.2. The van der Waals surface area contributed by atoms with Crippen LogP contribution >= 0.6 is 0 Å². The maximum absolute atomic E-state index is 16.4. The molecule has 1 spiro atoms. The Hall–Kier alpha value is -5.28. The fourth-order valence-corrected chi connectivity index (χ4v) is 9.73. The summed E-state index contributed by atoms with van der Waals surface area (Å²) in [6.07, 6.45) is 6.41. The number of nitrogens with zero attached hydrogens (tertiary/aromatic N) is 2. The molecule has 2 bridgehead atoms. The third-order valence-electron chi connectivity index (χ3n) is 12.8. The molecule has 7 nitrogen and oxygen atoms in total. The number of imidazole rings is 1. The smallest absolute Gasteiger partial charge is 0.410 e. The third kappa shape index (κ3) is 5.07. The summed E-state index contributed by atoms with van der Waals surface area (Å²) in [4.78, 5) is 27.1. The highest BCUT2D eigenvalue weighted by Gasteiger charge is 2.54. The number of fused-ring (bicyclic) bond motifs is 6. The molecule has 53 heavy (non-hydrogen) atoms. The zero-order chi connectivity index (χ0) is 35.5. The number of hydrogen-bond acceptors (Lipinski definition) is 4. The van der Waals surface area contributed by atoms with Crippen molar-refractivity contribution in [2.75, 3.05) is 6.54 Å². The number of halogens is 2. The standard InChI is InChI=1S/C44H39F2N5O2/c45-44(46)33-19-26(27-9-13-36-38(21-27)50-41(49-36)40-29-6-10-30(18-29)47-40)7-11-31(33)32-12-8-28(20-34(32)44)35-14-15-37(48-35)39-22-43(16-17-43)24-51(39)42(52)53-23-25-4-2-1-3-5-25/h1-5,7-9,11-15,19-21,29-30,39-40,47-48H,6,10,16-18,22-24H2,(H,49,50). The van der Waals surface area contributed by atoms with E-state index in [9.17, 15) is 4.79 Å². The van der Waals surface area contributed by atoms with Gasteiger partial charge in [-0.25, -0.2) is 9.78 Å². The average molecular weight is 708 g/mol. The molecule has 9 heteroatoms. The monoisotopic (exact) mass is 707 g/mol. The Labute approximate surface area is 305 Å². The summed E-state index contributed by atoms with van der Waals surface area (Å²) in [6.45, 7) is 0.888. The van der Waals surface area contributed by atoms with E-state index in [2.05, 4.69) is 15.3 Å². The molecular weight excluding hydrogens is 669 g/mol. The number of carbonyl (C=O) groups excluding carboxylic acids is 1. The highest BCUT2D eigenvalue weighted by molar-refractivity contribution is 5.87. The lowest BCUT2D eigenvalue weighted by Gasteiger charge is -2.23. The molecule has 4 fully saturated rings. The summed E-state index contributed by atoms with van der Waals surface area (Å²) in [7, 11) is 0. The SMILES string of the molecule is O=C(OCc1ccccc1)N1CC2(CC2)CC1c1ccc(-c2ccc3c(c2)C(F)(F)c2cc(-c4ccc5nc(C6NC7CCC6C7)[nH]c5c4)ccc2-3)[nH]1. The second-order valence-corrected chi connectivity index (χ2v) is 16.1. The van der Waals surface area contributed by atoms with E-state index in [1.807, 2.05) is 89.8 Å². The molecule has 2 saturated carbocycles. The zero-order valence-electron chi connectivity index (χ0n) is 29.2. The van der Waals surface area contributed by atoms with Crippen molar-refractivity contribution in [3.63, 3.8) is 0 Å². The first-order valence-electron chi connectivity index (χ1n) is 18.9. The number of ether oxygens (including phenoxy) is 1. The van der Waals surface area contributed by atoms with Crippen LogP contribution in [0.5, 0.6) is 0 Å². The lowest BCUT2D eigenvalue weighted by atomic mass is 9.98. The van der Waals surface area contributed by atoms with Crippen LogP contribution in [0, 0.1) is 11.3 Å². The van der Waals surface area contributed by atoms with E-state index < -0.39 is 5.92 Å². The minimum atomic E-state index is -3.16. The topological polar surface area (TPSA) is 86.0 Å². The molecule has 4 aromatic carbocycles. The molecule has 1 amide bonds. The van der Waals surface area contributed by atoms with E-state index in [0.29, 0.717) is 35.2 Å². The average Bonchev–Trinajstić information content (AvgIpc) is 3.84. The van der Waals surface area contributed by atoms with Gasteiger partial charge in [-0.2, -0.15) is 8.78 Å². The molecule has 4 atom stereocenters. The van der Waals surface area contributed by atoms with Crippen molar-refractivity contribution in [1.82, 2.24) is 25.2 Å². The van der Waals surface area contributed by atoms with Crippen molar-refractivity contribution in [3.05, 3.63) is 125 Å². The minimum Gasteiger partial charge on any atom is -0.445 e. The number of carbonyl (C=O) groups is 1. The van der Waals surface area contributed by atoms with E-state index in [0.717, 1.165) is 64.2 Å². The molecule has 2 saturated heterocycles. The number of aromatic nitrogens is 3. The van der Waals surface area contributed by atoms with Crippen molar-refractivity contribution in [2.45, 2.75) is 69.2 Å². The van der Waals surface area contributed by atoms with Gasteiger partial charge in [-0.1, -0.05) is 60.7 Å². The number of hydrogen-bond donors (Lipinski definition) is 3. The van der Waals surface area contributed by atoms with Crippen LogP contribution in [0.4, 0.5) is 13.6 Å². The number of rotatable bonds is 6. The number of amides is 1. The van der Waals surface area contributed by atoms with Crippen molar-refractivity contribution in [2.24, 2.45) is 11.3 Å². The van der Waals surface area contributed by atoms with E-state index in [1.165, 1.54) is 19.3 Å². The lowest BCUT2D eigenvalue weighted by molar-refractivity contribution is 0.0481. The van der Waals surface area contributed by atoms with Crippen LogP contribution in [0.2, 0.25) is 0 Å². The summed E-state index contributed by atoms with van der Waals surface area (Å²) in [6, 6.07) is 31.0. The van der Waals surface area contributed by atoms with Gasteiger partial charge in [0, 0.05) is 35.1 Å². The molecule has 6 aromatic rings. The second kappa shape index (κ2) is 11.4. The van der Waals surface area contributed by atoms with Gasteiger partial charge in [0.05, 0.1) is 23.1 Å². The summed E-state index contributed by atoms with van der Waals surface area (Å²) in [5.41, 5.74) is 8.00. The minimum absolute atomic E-state index is 0.00856. The molecule has 5 aliphatic rings. The Morgan fingerprint density at radius 2 is 1.60 bits per heavy atom. The number of nitrogens with one attached hydrogen (secondary N) is 3. The third-order valence-corrected chi connectivity index (χ3v) is 12.8. The van der Waals surface area contributed by atoms with Gasteiger partial charge in [0.15, 0.2) is 0 Å². The summed E-state index contributed by atoms with van der Waals surface area (Å²) in [5, 5.41) is 3.71. The highest BCUT2D eigenvalue weighted by atomic mass is 19.3. The molecule has 3 aliphatic carbocycles. The van der Waals surface area contributed by atoms with E-state index in [-0.39, 0.29) is 41.3 Å². The maximum Gasteiger partial charge on any atom is 0.410 e. The number of piperidine rings is 1. The van der Waals surface area contributed by atoms with Gasteiger partial charge in [-0.05, 0) is 120 Å². The van der Waals surface area contributed by atoms with Crippen LogP contribution in [-0.4, -0.2) is 38.5 Å². The van der Waals surface area contributed by atoms with Crippen LogP contribution in [0.25, 0.3) is 44.5 Å². The Morgan fingerprint density at radius 1 is 0.849 bits per heavy atom. The Balaban J connectivity index is 0.849. The van der Waals surface area contributed by atoms with Crippen molar-refractivity contribution in [3.8, 4) is 33.5 Å².